The van der Waals surface area contributed by atoms with E-state index in [0.717, 1.165) is 41.6 Å². The van der Waals surface area contributed by atoms with Crippen LogP contribution in [0.25, 0.3) is 10.9 Å². The molecule has 40 heavy (non-hydrogen) atoms. The highest BCUT2D eigenvalue weighted by Crippen LogP contribution is 2.23. The van der Waals surface area contributed by atoms with E-state index in [-0.39, 0.29) is 5.56 Å². The Kier molecular flexibility index (Phi) is 11.4. The molecule has 2 heterocycles. The Labute approximate surface area is 231 Å². The molecular formula is C30H33N3O7. The number of fused-ring (bicyclic) bond motifs is 2. The molecule has 0 unspecified atom stereocenters. The number of aromatic amines is 1. The number of nitrogens with one attached hydrogen (secondary N) is 2. The molecule has 3 aromatic rings. The first kappa shape index (κ1) is 30.1. The van der Waals surface area contributed by atoms with E-state index in [1.165, 1.54) is 6.20 Å². The van der Waals surface area contributed by atoms with Gasteiger partial charge in [-0.25, -0.2) is 9.59 Å². The lowest BCUT2D eigenvalue weighted by molar-refractivity contribution is -0.132. The van der Waals surface area contributed by atoms with Crippen molar-refractivity contribution in [1.29, 1.82) is 5.26 Å². The lowest BCUT2D eigenvalue weighted by Crippen LogP contribution is -2.16. The minimum atomic E-state index is -1.23. The molecule has 4 N–H and O–H groups in total. The second-order valence-corrected chi connectivity index (χ2v) is 9.05. The van der Waals surface area contributed by atoms with E-state index in [2.05, 4.69) is 10.3 Å². The summed E-state index contributed by atoms with van der Waals surface area (Å²) in [4.78, 5) is 37.1. The number of hydrogen-bond donors (Lipinski definition) is 4. The molecule has 0 bridgehead atoms. The average molecular weight is 548 g/mol. The highest BCUT2D eigenvalue weighted by atomic mass is 16.5. The Morgan fingerprint density at radius 3 is 2.48 bits per heavy atom. The van der Waals surface area contributed by atoms with Crippen molar-refractivity contribution in [1.82, 2.24) is 4.98 Å². The van der Waals surface area contributed by atoms with Crippen molar-refractivity contribution in [3.8, 4) is 6.07 Å². The van der Waals surface area contributed by atoms with Crippen LogP contribution in [0.1, 0.15) is 46.8 Å². The van der Waals surface area contributed by atoms with Crippen molar-refractivity contribution in [2.24, 2.45) is 0 Å². The number of hydrogen-bond acceptors (Lipinski definition) is 7. The van der Waals surface area contributed by atoms with Crippen LogP contribution in [0.4, 0.5) is 5.69 Å². The number of rotatable bonds is 12. The lowest BCUT2D eigenvalue weighted by Gasteiger charge is -2.15. The third-order valence-corrected chi connectivity index (χ3v) is 6.35. The highest BCUT2D eigenvalue weighted by Gasteiger charge is 2.15. The standard InChI is InChI=1S/C20H24N2O5.C10H9NO2/c1-2-14-12-18-16(19(23)17(13-22-18)20(24)25)11-15(14)5-3-7-26-9-10-27-8-4-6-21;12-10(13)8-5-7-3-1-2-4-9(7)11-6-8/h11-13H,2-5,7-10H2,1H3,(H,22,23)(H,24,25);1-4,6,11H,5H2,(H,12,13). The fourth-order valence-corrected chi connectivity index (χ4v) is 4.26. The molecule has 1 aliphatic rings. The molecule has 10 heteroatoms. The Morgan fingerprint density at radius 1 is 1.02 bits per heavy atom. The van der Waals surface area contributed by atoms with Gasteiger partial charge in [0, 0.05) is 42.0 Å². The largest absolute Gasteiger partial charge is 0.478 e. The molecular weight excluding hydrogens is 514 g/mol. The third-order valence-electron chi connectivity index (χ3n) is 6.35. The summed E-state index contributed by atoms with van der Waals surface area (Å²) < 4.78 is 10.8. The summed E-state index contributed by atoms with van der Waals surface area (Å²) in [6.07, 6.45) is 6.02. The molecule has 10 nitrogen and oxygen atoms in total. The fraction of sp³-hybridized carbons (Fsp3) is 0.333. The number of carbonyl (C=O) groups is 2. The van der Waals surface area contributed by atoms with Crippen LogP contribution in [0, 0.1) is 11.3 Å². The zero-order chi connectivity index (χ0) is 28.9. The highest BCUT2D eigenvalue weighted by molar-refractivity contribution is 5.92. The number of aliphatic carboxylic acids is 1. The molecule has 1 aliphatic heterocycles. The minimum Gasteiger partial charge on any atom is -0.478 e. The van der Waals surface area contributed by atoms with E-state index in [9.17, 15) is 14.4 Å². The summed E-state index contributed by atoms with van der Waals surface area (Å²) >= 11 is 0. The number of para-hydroxylation sites is 1. The van der Waals surface area contributed by atoms with Crippen LogP contribution in [-0.4, -0.2) is 53.6 Å². The van der Waals surface area contributed by atoms with Crippen molar-refractivity contribution in [2.75, 3.05) is 31.7 Å². The number of aryl methyl sites for hydroxylation is 2. The van der Waals surface area contributed by atoms with Crippen LogP contribution in [0.15, 0.2) is 59.2 Å². The van der Waals surface area contributed by atoms with E-state index in [0.29, 0.717) is 55.7 Å². The first-order valence-corrected chi connectivity index (χ1v) is 13.0. The maximum atomic E-state index is 12.4. The zero-order valence-electron chi connectivity index (χ0n) is 22.4. The summed E-state index contributed by atoms with van der Waals surface area (Å²) in [5.41, 5.74) is 4.52. The van der Waals surface area contributed by atoms with Crippen molar-refractivity contribution in [3.63, 3.8) is 0 Å². The molecule has 0 saturated heterocycles. The van der Waals surface area contributed by atoms with E-state index in [1.54, 1.807) is 12.3 Å². The van der Waals surface area contributed by atoms with Crippen molar-refractivity contribution in [2.45, 2.75) is 39.0 Å². The van der Waals surface area contributed by atoms with Crippen molar-refractivity contribution in [3.05, 3.63) is 86.8 Å². The van der Waals surface area contributed by atoms with Gasteiger partial charge in [-0.2, -0.15) is 5.26 Å². The summed E-state index contributed by atoms with van der Waals surface area (Å²) in [6.45, 7) is 3.97. The van der Waals surface area contributed by atoms with Gasteiger partial charge >= 0.3 is 11.9 Å². The number of aromatic carboxylic acids is 1. The van der Waals surface area contributed by atoms with Crippen LogP contribution in [-0.2, 0) is 33.5 Å². The SMILES string of the molecule is CCc1cc2[nH]cc(C(=O)O)c(=O)c2cc1CCCOCCOCCC#N.O=C(O)C1=CNc2ccccc2C1. The van der Waals surface area contributed by atoms with Gasteiger partial charge in [-0.05, 0) is 54.2 Å². The molecule has 0 aliphatic carbocycles. The van der Waals surface area contributed by atoms with Gasteiger partial charge in [0.05, 0.1) is 37.9 Å². The van der Waals surface area contributed by atoms with E-state index >= 15 is 0 Å². The number of anilines is 1. The van der Waals surface area contributed by atoms with Gasteiger partial charge in [0.15, 0.2) is 0 Å². The maximum absolute atomic E-state index is 12.4. The molecule has 0 radical (unpaired) electrons. The number of ether oxygens (including phenoxy) is 2. The van der Waals surface area contributed by atoms with Crippen LogP contribution < -0.4 is 10.7 Å². The normalized spacial score (nSPS) is 11.8. The van der Waals surface area contributed by atoms with E-state index in [1.807, 2.05) is 43.3 Å². The number of nitrogens with zero attached hydrogens (tertiary/aromatic N) is 1. The molecule has 4 rings (SSSR count). The second-order valence-electron chi connectivity index (χ2n) is 9.05. The summed E-state index contributed by atoms with van der Waals surface area (Å²) in [5, 5.41) is 29.6. The summed E-state index contributed by atoms with van der Waals surface area (Å²) in [7, 11) is 0. The summed E-state index contributed by atoms with van der Waals surface area (Å²) in [5.74, 6) is -2.09. The predicted octanol–water partition coefficient (Wildman–Crippen LogP) is 4.29. The fourth-order valence-electron chi connectivity index (χ4n) is 4.26. The molecule has 0 atom stereocenters. The van der Waals surface area contributed by atoms with Gasteiger partial charge in [0.2, 0.25) is 5.43 Å². The van der Waals surface area contributed by atoms with Crippen LogP contribution in [0.5, 0.6) is 0 Å². The first-order valence-electron chi connectivity index (χ1n) is 13.0. The van der Waals surface area contributed by atoms with Gasteiger partial charge in [-0.1, -0.05) is 25.1 Å². The zero-order valence-corrected chi connectivity index (χ0v) is 22.4. The Hall–Kier alpha value is -4.46. The van der Waals surface area contributed by atoms with Gasteiger partial charge < -0.3 is 30.0 Å². The van der Waals surface area contributed by atoms with Crippen LogP contribution >= 0.6 is 0 Å². The van der Waals surface area contributed by atoms with Crippen molar-refractivity contribution >= 4 is 28.5 Å². The Morgan fingerprint density at radius 2 is 1.77 bits per heavy atom. The van der Waals surface area contributed by atoms with Gasteiger partial charge in [0.1, 0.15) is 5.56 Å². The number of aromatic nitrogens is 1. The van der Waals surface area contributed by atoms with Crippen LogP contribution in [0.3, 0.4) is 0 Å². The number of H-pyrrole nitrogens is 1. The smallest absolute Gasteiger partial charge is 0.341 e. The molecule has 0 saturated carbocycles. The van der Waals surface area contributed by atoms with Gasteiger partial charge in [-0.15, -0.1) is 0 Å². The average Bonchev–Trinajstić information content (AvgIpc) is 2.96. The number of pyridine rings is 1. The first-order chi connectivity index (χ1) is 19.3. The van der Waals surface area contributed by atoms with Gasteiger partial charge in [-0.3, -0.25) is 4.79 Å². The molecule has 0 fully saturated rings. The lowest BCUT2D eigenvalue weighted by atomic mass is 9.97. The van der Waals surface area contributed by atoms with Crippen LogP contribution in [0.2, 0.25) is 0 Å². The third kappa shape index (κ3) is 8.27. The van der Waals surface area contributed by atoms with Gasteiger partial charge in [0.25, 0.3) is 0 Å². The molecule has 1 aromatic heterocycles. The maximum Gasteiger partial charge on any atom is 0.341 e. The quantitative estimate of drug-likeness (QED) is 0.242. The number of carboxylic acid groups (broad SMARTS) is 2. The second kappa shape index (κ2) is 15.2. The molecule has 2 aromatic carbocycles. The Bertz CT molecular complexity index is 1470. The minimum absolute atomic E-state index is 0.252. The molecule has 0 amide bonds. The number of carboxylic acids is 2. The van der Waals surface area contributed by atoms with Crippen molar-refractivity contribution < 1.29 is 29.3 Å². The van der Waals surface area contributed by atoms with E-state index < -0.39 is 17.4 Å². The summed E-state index contributed by atoms with van der Waals surface area (Å²) in [6, 6.07) is 13.4. The number of nitriles is 1. The Balaban J connectivity index is 0.000000281. The topological polar surface area (TPSA) is 162 Å². The number of benzene rings is 2. The van der Waals surface area contributed by atoms with E-state index in [4.69, 9.17) is 24.9 Å². The monoisotopic (exact) mass is 547 g/mol. The predicted molar refractivity (Wildman–Crippen MR) is 151 cm³/mol. The molecule has 0 spiro atoms. The molecule has 210 valence electrons.